The van der Waals surface area contributed by atoms with Gasteiger partial charge in [-0.1, -0.05) is 97.1 Å². The molecule has 0 amide bonds. The minimum atomic E-state index is 0.591. The van der Waals surface area contributed by atoms with Crippen LogP contribution in [0.15, 0.2) is 126 Å². The maximum atomic E-state index is 6.77. The summed E-state index contributed by atoms with van der Waals surface area (Å²) in [6.07, 6.45) is 0. The molecule has 0 fully saturated rings. The van der Waals surface area contributed by atoms with Gasteiger partial charge in [0.1, 0.15) is 5.52 Å². The summed E-state index contributed by atoms with van der Waals surface area (Å²) in [6.45, 7) is 0. The molecule has 0 aliphatic heterocycles. The van der Waals surface area contributed by atoms with E-state index in [0.717, 1.165) is 27.5 Å². The number of thiophene rings is 1. The third kappa shape index (κ3) is 2.89. The van der Waals surface area contributed by atoms with Gasteiger partial charge in [-0.3, -0.25) is 4.57 Å². The summed E-state index contributed by atoms with van der Waals surface area (Å²) in [5.74, 6) is 0. The lowest BCUT2D eigenvalue weighted by Gasteiger charge is -2.04. The van der Waals surface area contributed by atoms with Crippen LogP contribution >= 0.6 is 11.3 Å². The Morgan fingerprint density at radius 3 is 2.26 bits per heavy atom. The predicted molar refractivity (Wildman–Crippen MR) is 164 cm³/mol. The van der Waals surface area contributed by atoms with Crippen LogP contribution in [0.25, 0.3) is 81.0 Å². The molecule has 39 heavy (non-hydrogen) atoms. The van der Waals surface area contributed by atoms with Gasteiger partial charge in [-0.15, -0.1) is 11.3 Å². The van der Waals surface area contributed by atoms with E-state index in [9.17, 15) is 0 Å². The number of oxazole rings is 1. The Kier molecular flexibility index (Phi) is 4.21. The Labute approximate surface area is 227 Å². The largest absolute Gasteiger partial charge is 0.422 e. The van der Waals surface area contributed by atoms with Crippen LogP contribution < -0.4 is 0 Å². The first-order valence-corrected chi connectivity index (χ1v) is 13.9. The lowest BCUT2D eigenvalue weighted by Crippen LogP contribution is -1.93. The number of para-hydroxylation sites is 1. The molecule has 3 heterocycles. The lowest BCUT2D eigenvalue weighted by atomic mass is 10.0. The zero-order chi connectivity index (χ0) is 25.5. The van der Waals surface area contributed by atoms with Crippen LogP contribution in [0.1, 0.15) is 0 Å². The smallest absolute Gasteiger partial charge is 0.307 e. The van der Waals surface area contributed by atoms with Crippen LogP contribution in [0.5, 0.6) is 0 Å². The first kappa shape index (κ1) is 21.1. The molecule has 9 aromatic rings. The molecule has 6 aromatic carbocycles. The van der Waals surface area contributed by atoms with Gasteiger partial charge in [0.05, 0.1) is 11.0 Å². The van der Waals surface area contributed by atoms with Crippen LogP contribution in [0.3, 0.4) is 0 Å². The molecule has 4 heteroatoms. The number of aromatic nitrogens is 2. The van der Waals surface area contributed by atoms with E-state index in [1.54, 1.807) is 0 Å². The number of hydrogen-bond donors (Lipinski definition) is 0. The van der Waals surface area contributed by atoms with E-state index in [1.807, 2.05) is 11.3 Å². The molecule has 182 valence electrons. The van der Waals surface area contributed by atoms with E-state index in [1.165, 1.54) is 47.5 Å². The van der Waals surface area contributed by atoms with Crippen molar-refractivity contribution in [1.29, 1.82) is 0 Å². The fraction of sp³-hybridized carbons (Fsp3) is 0. The highest BCUT2D eigenvalue weighted by molar-refractivity contribution is 7.26. The number of benzene rings is 6. The maximum Gasteiger partial charge on any atom is 0.307 e. The van der Waals surface area contributed by atoms with Gasteiger partial charge in [0.15, 0.2) is 5.58 Å². The summed E-state index contributed by atoms with van der Waals surface area (Å²) in [4.78, 5) is 5.16. The van der Waals surface area contributed by atoms with Gasteiger partial charge < -0.3 is 4.42 Å². The molecule has 0 atom stereocenters. The molecule has 0 spiro atoms. The average Bonchev–Trinajstić information content (AvgIpc) is 3.68. The van der Waals surface area contributed by atoms with Crippen LogP contribution in [0, 0.1) is 0 Å². The van der Waals surface area contributed by atoms with Crippen molar-refractivity contribution in [3.63, 3.8) is 0 Å². The van der Waals surface area contributed by atoms with Crippen LogP contribution in [-0.2, 0) is 0 Å². The van der Waals surface area contributed by atoms with E-state index in [2.05, 4.69) is 126 Å². The van der Waals surface area contributed by atoms with Gasteiger partial charge >= 0.3 is 6.01 Å². The molecule has 0 unspecified atom stereocenters. The summed E-state index contributed by atoms with van der Waals surface area (Å²) >= 11 is 1.82. The van der Waals surface area contributed by atoms with Crippen LogP contribution in [0.2, 0.25) is 0 Å². The van der Waals surface area contributed by atoms with E-state index in [4.69, 9.17) is 9.40 Å². The molecule has 3 aromatic heterocycles. The highest BCUT2D eigenvalue weighted by atomic mass is 32.1. The fourth-order valence-electron chi connectivity index (χ4n) is 6.13. The monoisotopic (exact) mass is 516 g/mol. The Morgan fingerprint density at radius 2 is 1.36 bits per heavy atom. The van der Waals surface area contributed by atoms with Gasteiger partial charge in [-0.2, -0.15) is 4.98 Å². The number of hydrogen-bond acceptors (Lipinski definition) is 3. The second-order valence-electron chi connectivity index (χ2n) is 9.97. The molecule has 0 bridgehead atoms. The first-order valence-electron chi connectivity index (χ1n) is 13.1. The third-order valence-electron chi connectivity index (χ3n) is 7.83. The molecule has 3 nitrogen and oxygen atoms in total. The van der Waals surface area contributed by atoms with E-state index in [-0.39, 0.29) is 0 Å². The molecule has 9 rings (SSSR count). The lowest BCUT2D eigenvalue weighted by molar-refractivity contribution is 0.577. The van der Waals surface area contributed by atoms with E-state index < -0.39 is 0 Å². The van der Waals surface area contributed by atoms with Crippen LogP contribution in [0.4, 0.5) is 0 Å². The predicted octanol–water partition coefficient (Wildman–Crippen LogP) is 10.1. The van der Waals surface area contributed by atoms with Crippen molar-refractivity contribution >= 4 is 75.2 Å². The first-order chi connectivity index (χ1) is 19.3. The molecule has 0 radical (unpaired) electrons. The Morgan fingerprint density at radius 1 is 0.615 bits per heavy atom. The second-order valence-corrected chi connectivity index (χ2v) is 11.0. The zero-order valence-electron chi connectivity index (χ0n) is 20.8. The minimum absolute atomic E-state index is 0.591. The molecule has 0 saturated carbocycles. The van der Waals surface area contributed by atoms with Gasteiger partial charge in [-0.25, -0.2) is 0 Å². The summed E-state index contributed by atoms with van der Waals surface area (Å²) in [5, 5.41) is 7.22. The minimum Gasteiger partial charge on any atom is -0.422 e. The summed E-state index contributed by atoms with van der Waals surface area (Å²) in [7, 11) is 0. The molecule has 0 N–H and O–H groups in total. The highest BCUT2D eigenvalue weighted by Crippen LogP contribution is 2.45. The van der Waals surface area contributed by atoms with Gasteiger partial charge in [0.2, 0.25) is 0 Å². The van der Waals surface area contributed by atoms with Gasteiger partial charge in [-0.05, 0) is 40.6 Å². The van der Waals surface area contributed by atoms with Crippen molar-refractivity contribution in [2.24, 2.45) is 0 Å². The van der Waals surface area contributed by atoms with Crippen LogP contribution in [-0.4, -0.2) is 9.55 Å². The number of rotatable bonds is 2. The van der Waals surface area contributed by atoms with E-state index >= 15 is 0 Å². The van der Waals surface area contributed by atoms with Crippen molar-refractivity contribution in [2.45, 2.75) is 0 Å². The Balaban J connectivity index is 1.43. The Bertz CT molecular complexity index is 2390. The van der Waals surface area contributed by atoms with Gasteiger partial charge in [0.25, 0.3) is 0 Å². The molecule has 0 aliphatic carbocycles. The molecule has 0 saturated heterocycles. The van der Waals surface area contributed by atoms with Crippen molar-refractivity contribution in [3.8, 4) is 17.1 Å². The molecular formula is C35H20N2OS. The summed E-state index contributed by atoms with van der Waals surface area (Å²) < 4.78 is 11.4. The van der Waals surface area contributed by atoms with Crippen molar-refractivity contribution in [3.05, 3.63) is 121 Å². The molecule has 0 aliphatic rings. The third-order valence-corrected chi connectivity index (χ3v) is 9.03. The summed E-state index contributed by atoms with van der Waals surface area (Å²) in [6, 6.07) is 43.5. The average molecular weight is 517 g/mol. The highest BCUT2D eigenvalue weighted by Gasteiger charge is 2.22. The van der Waals surface area contributed by atoms with Crippen molar-refractivity contribution < 1.29 is 4.42 Å². The van der Waals surface area contributed by atoms with Gasteiger partial charge in [0, 0.05) is 36.5 Å². The zero-order valence-corrected chi connectivity index (χ0v) is 21.6. The van der Waals surface area contributed by atoms with Crippen molar-refractivity contribution in [1.82, 2.24) is 9.55 Å². The Hall–Kier alpha value is -4.93. The van der Waals surface area contributed by atoms with E-state index in [0.29, 0.717) is 6.01 Å². The SMILES string of the molecule is c1ccc(-c2cc3nc(-n4c5ccccc5c5c6ccccc6ccc54)oc3c3c2sc2ccccc23)cc1. The fourth-order valence-corrected chi connectivity index (χ4v) is 7.37. The number of nitrogens with zero attached hydrogens (tertiary/aromatic N) is 2. The molecular weight excluding hydrogens is 496 g/mol. The topological polar surface area (TPSA) is 31.0 Å². The second kappa shape index (κ2) is 7.79. The maximum absolute atomic E-state index is 6.77. The quantitative estimate of drug-likeness (QED) is 0.229. The normalized spacial score (nSPS) is 12.1. The van der Waals surface area contributed by atoms with Crippen molar-refractivity contribution in [2.75, 3.05) is 0 Å². The standard InChI is InChI=1S/C35H20N2OS/c1-2-10-21(11-3-1)26-20-27-33(32-25-15-7-9-17-30(25)39-34(26)32)38-35(36-27)37-28-16-8-6-14-24(28)31-23-13-5-4-12-22(23)18-19-29(31)37/h1-20H. The number of fused-ring (bicyclic) bond motifs is 10. The summed E-state index contributed by atoms with van der Waals surface area (Å²) in [5.41, 5.74) is 6.26.